The normalized spacial score (nSPS) is 11.9. The molecule has 0 aromatic heterocycles. The Labute approximate surface area is 143 Å². The van der Waals surface area contributed by atoms with E-state index in [1.54, 1.807) is 19.2 Å². The Morgan fingerprint density at radius 3 is 2.08 bits per heavy atom. The summed E-state index contributed by atoms with van der Waals surface area (Å²) in [5, 5.41) is 3.08. The molecule has 2 rings (SSSR count). The summed E-state index contributed by atoms with van der Waals surface area (Å²) in [6, 6.07) is 15.0. The molecule has 0 radical (unpaired) electrons. The summed E-state index contributed by atoms with van der Waals surface area (Å²) in [5.41, 5.74) is 1.68. The minimum Gasteiger partial charge on any atom is -0.497 e. The number of methoxy groups -OCH3 is 1. The maximum Gasteiger partial charge on any atom is 0.251 e. The lowest BCUT2D eigenvalue weighted by molar-refractivity contribution is 0.0935. The molecular formula is C20H25NO3. The molecule has 1 N–H and O–H groups in total. The lowest BCUT2D eigenvalue weighted by atomic mass is 10.0. The highest BCUT2D eigenvalue weighted by Crippen LogP contribution is 2.21. The van der Waals surface area contributed by atoms with Gasteiger partial charge in [-0.15, -0.1) is 0 Å². The average molecular weight is 327 g/mol. The van der Waals surface area contributed by atoms with Gasteiger partial charge >= 0.3 is 0 Å². The van der Waals surface area contributed by atoms with Crippen LogP contribution >= 0.6 is 0 Å². The zero-order valence-corrected chi connectivity index (χ0v) is 14.7. The van der Waals surface area contributed by atoms with Gasteiger partial charge in [-0.05, 0) is 62.2 Å². The summed E-state index contributed by atoms with van der Waals surface area (Å²) in [6.45, 7) is 6.00. The molecule has 2 aromatic rings. The molecular weight excluding hydrogens is 302 g/mol. The van der Waals surface area contributed by atoms with Crippen LogP contribution in [0.1, 0.15) is 49.2 Å². The van der Waals surface area contributed by atoms with Crippen LogP contribution in [0.3, 0.4) is 0 Å². The van der Waals surface area contributed by atoms with Gasteiger partial charge in [0, 0.05) is 5.56 Å². The van der Waals surface area contributed by atoms with Crippen molar-refractivity contribution in [2.45, 2.75) is 39.3 Å². The molecule has 0 aliphatic rings. The van der Waals surface area contributed by atoms with Crippen molar-refractivity contribution in [1.29, 1.82) is 0 Å². The van der Waals surface area contributed by atoms with Gasteiger partial charge < -0.3 is 14.8 Å². The van der Waals surface area contributed by atoms with E-state index in [9.17, 15) is 4.79 Å². The summed E-state index contributed by atoms with van der Waals surface area (Å²) >= 11 is 0. The second-order valence-electron chi connectivity index (χ2n) is 5.90. The van der Waals surface area contributed by atoms with Gasteiger partial charge in [-0.3, -0.25) is 4.79 Å². The molecule has 4 heteroatoms. The zero-order valence-electron chi connectivity index (χ0n) is 14.7. The van der Waals surface area contributed by atoms with E-state index in [4.69, 9.17) is 9.47 Å². The summed E-state index contributed by atoms with van der Waals surface area (Å²) in [6.07, 6.45) is 0.927. The molecule has 128 valence electrons. The number of hydrogen-bond acceptors (Lipinski definition) is 3. The fourth-order valence-corrected chi connectivity index (χ4v) is 2.46. The number of rotatable bonds is 7. The van der Waals surface area contributed by atoms with Crippen molar-refractivity contribution in [3.05, 3.63) is 59.7 Å². The predicted octanol–water partition coefficient (Wildman–Crippen LogP) is 4.36. The molecule has 24 heavy (non-hydrogen) atoms. The van der Waals surface area contributed by atoms with E-state index < -0.39 is 0 Å². The molecule has 0 saturated heterocycles. The quantitative estimate of drug-likeness (QED) is 0.822. The van der Waals surface area contributed by atoms with Crippen molar-refractivity contribution in [3.8, 4) is 11.5 Å². The predicted molar refractivity (Wildman–Crippen MR) is 95.7 cm³/mol. The first-order valence-corrected chi connectivity index (χ1v) is 8.25. The van der Waals surface area contributed by atoms with E-state index in [2.05, 4.69) is 12.2 Å². The van der Waals surface area contributed by atoms with Crippen LogP contribution in [0, 0.1) is 0 Å². The Bertz CT molecular complexity index is 648. The van der Waals surface area contributed by atoms with Gasteiger partial charge in [-0.1, -0.05) is 19.1 Å². The average Bonchev–Trinajstić information content (AvgIpc) is 2.59. The third-order valence-corrected chi connectivity index (χ3v) is 3.72. The van der Waals surface area contributed by atoms with Gasteiger partial charge in [0.25, 0.3) is 5.91 Å². The van der Waals surface area contributed by atoms with Crippen molar-refractivity contribution < 1.29 is 14.3 Å². The van der Waals surface area contributed by atoms with Crippen LogP contribution in [0.5, 0.6) is 11.5 Å². The highest BCUT2D eigenvalue weighted by atomic mass is 16.5. The van der Waals surface area contributed by atoms with Crippen LogP contribution in [-0.4, -0.2) is 19.1 Å². The number of nitrogens with one attached hydrogen (secondary N) is 1. The minimum absolute atomic E-state index is 0.0324. The number of carbonyl (C=O) groups excluding carboxylic acids is 1. The number of carbonyl (C=O) groups is 1. The first kappa shape index (κ1) is 17.9. The van der Waals surface area contributed by atoms with Gasteiger partial charge in [-0.25, -0.2) is 0 Å². The molecule has 0 fully saturated rings. The second-order valence-corrected chi connectivity index (χ2v) is 5.90. The van der Waals surface area contributed by atoms with Crippen LogP contribution in [0.25, 0.3) is 0 Å². The van der Waals surface area contributed by atoms with Crippen LogP contribution in [0.4, 0.5) is 0 Å². The van der Waals surface area contributed by atoms with Crippen molar-refractivity contribution in [2.24, 2.45) is 0 Å². The topological polar surface area (TPSA) is 47.6 Å². The molecule has 0 spiro atoms. The molecule has 2 aromatic carbocycles. The largest absolute Gasteiger partial charge is 0.497 e. The van der Waals surface area contributed by atoms with Crippen molar-refractivity contribution in [1.82, 2.24) is 5.32 Å². The Balaban J connectivity index is 2.05. The summed E-state index contributed by atoms with van der Waals surface area (Å²) < 4.78 is 10.8. The van der Waals surface area contributed by atoms with E-state index in [1.165, 1.54) is 0 Å². The number of ether oxygens (including phenoxy) is 2. The van der Waals surface area contributed by atoms with Crippen LogP contribution in [0.2, 0.25) is 0 Å². The molecule has 0 saturated carbocycles. The Hall–Kier alpha value is -2.49. The fourth-order valence-electron chi connectivity index (χ4n) is 2.46. The Morgan fingerprint density at radius 2 is 1.58 bits per heavy atom. The molecule has 0 heterocycles. The van der Waals surface area contributed by atoms with Crippen molar-refractivity contribution >= 4 is 5.91 Å². The Kier molecular flexibility index (Phi) is 6.24. The third-order valence-electron chi connectivity index (χ3n) is 3.72. The summed E-state index contributed by atoms with van der Waals surface area (Å²) in [7, 11) is 1.64. The smallest absolute Gasteiger partial charge is 0.251 e. The molecule has 4 nitrogen and oxygen atoms in total. The number of benzene rings is 2. The molecule has 1 amide bonds. The monoisotopic (exact) mass is 327 g/mol. The van der Waals surface area contributed by atoms with E-state index in [-0.39, 0.29) is 18.1 Å². The van der Waals surface area contributed by atoms with Gasteiger partial charge in [-0.2, -0.15) is 0 Å². The lowest BCUT2D eigenvalue weighted by Crippen LogP contribution is -2.28. The van der Waals surface area contributed by atoms with Crippen molar-refractivity contribution in [3.63, 3.8) is 0 Å². The molecule has 1 atom stereocenters. The second kappa shape index (κ2) is 8.39. The van der Waals surface area contributed by atoms with E-state index in [1.807, 2.05) is 50.2 Å². The number of amides is 1. The highest BCUT2D eigenvalue weighted by molar-refractivity contribution is 5.94. The molecule has 0 aliphatic heterocycles. The first-order valence-electron chi connectivity index (χ1n) is 8.25. The Morgan fingerprint density at radius 1 is 1.00 bits per heavy atom. The standard InChI is InChI=1S/C20H25NO3/c1-5-19(15-6-10-17(23-4)11-7-15)21-20(22)16-8-12-18(13-9-16)24-14(2)3/h6-14,19H,5H2,1-4H3,(H,21,22)/t19-/m1/s1. The summed E-state index contributed by atoms with van der Waals surface area (Å²) in [4.78, 5) is 12.5. The minimum atomic E-state index is -0.0891. The zero-order chi connectivity index (χ0) is 17.5. The highest BCUT2D eigenvalue weighted by Gasteiger charge is 2.14. The van der Waals surface area contributed by atoms with E-state index in [0.717, 1.165) is 23.5 Å². The third kappa shape index (κ3) is 4.75. The van der Waals surface area contributed by atoms with Crippen LogP contribution in [0.15, 0.2) is 48.5 Å². The van der Waals surface area contributed by atoms with Crippen molar-refractivity contribution in [2.75, 3.05) is 7.11 Å². The maximum atomic E-state index is 12.5. The fraction of sp³-hybridized carbons (Fsp3) is 0.350. The SMILES string of the molecule is CC[C@@H](NC(=O)c1ccc(OC(C)C)cc1)c1ccc(OC)cc1. The summed E-state index contributed by atoms with van der Waals surface area (Å²) in [5.74, 6) is 1.48. The molecule has 0 unspecified atom stereocenters. The molecule has 0 aliphatic carbocycles. The molecule has 0 bridgehead atoms. The van der Waals surface area contributed by atoms with E-state index >= 15 is 0 Å². The van der Waals surface area contributed by atoms with Crippen LogP contribution < -0.4 is 14.8 Å². The van der Waals surface area contributed by atoms with E-state index in [0.29, 0.717) is 5.56 Å². The lowest BCUT2D eigenvalue weighted by Gasteiger charge is -2.18. The maximum absolute atomic E-state index is 12.5. The van der Waals surface area contributed by atoms with Gasteiger partial charge in [0.1, 0.15) is 11.5 Å². The van der Waals surface area contributed by atoms with Gasteiger partial charge in [0.05, 0.1) is 19.3 Å². The van der Waals surface area contributed by atoms with Gasteiger partial charge in [0.15, 0.2) is 0 Å². The first-order chi connectivity index (χ1) is 11.5. The van der Waals surface area contributed by atoms with Crippen LogP contribution in [-0.2, 0) is 0 Å². The van der Waals surface area contributed by atoms with Gasteiger partial charge in [0.2, 0.25) is 0 Å². The number of hydrogen-bond donors (Lipinski definition) is 1.